The summed E-state index contributed by atoms with van der Waals surface area (Å²) in [5.41, 5.74) is 3.06. The smallest absolute Gasteiger partial charge is 0.343 e. The van der Waals surface area contributed by atoms with Gasteiger partial charge in [0.2, 0.25) is 0 Å². The highest BCUT2D eigenvalue weighted by Gasteiger charge is 2.14. The summed E-state index contributed by atoms with van der Waals surface area (Å²) in [6.07, 6.45) is 0. The molecule has 0 aliphatic rings. The molecule has 0 unspecified atom stereocenters. The predicted molar refractivity (Wildman–Crippen MR) is 108 cm³/mol. The molecule has 0 aromatic heterocycles. The van der Waals surface area contributed by atoms with E-state index in [-0.39, 0.29) is 12.4 Å². The van der Waals surface area contributed by atoms with Crippen LogP contribution in [0.3, 0.4) is 0 Å². The number of hydrogen-bond acceptors (Lipinski definition) is 5. The molecule has 0 amide bonds. The van der Waals surface area contributed by atoms with E-state index < -0.39 is 11.9 Å². The number of benzene rings is 3. The topological polar surface area (TPSA) is 69.7 Å². The van der Waals surface area contributed by atoms with Gasteiger partial charge in [-0.2, -0.15) is 0 Å². The van der Waals surface area contributed by atoms with E-state index in [4.69, 9.17) is 9.47 Å². The van der Waals surface area contributed by atoms with Crippen molar-refractivity contribution in [2.24, 2.45) is 0 Å². The third-order valence-electron chi connectivity index (χ3n) is 4.37. The first kappa shape index (κ1) is 20.0. The molecule has 0 saturated carbocycles. The van der Waals surface area contributed by atoms with Gasteiger partial charge in [-0.3, -0.25) is 4.79 Å². The van der Waals surface area contributed by atoms with Crippen molar-refractivity contribution >= 4 is 17.7 Å². The predicted octanol–water partition coefficient (Wildman–Crippen LogP) is 4.56. The molecule has 0 fully saturated rings. The van der Waals surface area contributed by atoms with E-state index in [1.54, 1.807) is 37.3 Å². The van der Waals surface area contributed by atoms with Gasteiger partial charge in [0.15, 0.2) is 12.4 Å². The molecule has 0 spiro atoms. The molecule has 0 radical (unpaired) electrons. The van der Waals surface area contributed by atoms with E-state index in [9.17, 15) is 14.4 Å². The van der Waals surface area contributed by atoms with Gasteiger partial charge in [-0.15, -0.1) is 0 Å². The lowest BCUT2D eigenvalue weighted by Crippen LogP contribution is -2.15. The molecule has 5 heteroatoms. The zero-order valence-corrected chi connectivity index (χ0v) is 16.2. The highest BCUT2D eigenvalue weighted by atomic mass is 16.5. The SMILES string of the molecule is Cc1ccc(C(=O)Oc2ccc(C(=O)COC(=O)c3ccccc3C)cc2)cc1. The normalized spacial score (nSPS) is 10.3. The summed E-state index contributed by atoms with van der Waals surface area (Å²) in [6, 6.07) is 20.2. The number of ether oxygens (including phenoxy) is 2. The Labute approximate surface area is 168 Å². The Morgan fingerprint density at radius 3 is 2.00 bits per heavy atom. The fourth-order valence-corrected chi connectivity index (χ4v) is 2.66. The number of Topliss-reactive ketones (excluding diaryl/α,β-unsaturated/α-hetero) is 1. The van der Waals surface area contributed by atoms with E-state index >= 15 is 0 Å². The summed E-state index contributed by atoms with van der Waals surface area (Å²) >= 11 is 0. The first-order chi connectivity index (χ1) is 13.9. The van der Waals surface area contributed by atoms with Crippen LogP contribution in [0.2, 0.25) is 0 Å². The first-order valence-corrected chi connectivity index (χ1v) is 9.09. The fraction of sp³-hybridized carbons (Fsp3) is 0.125. The van der Waals surface area contributed by atoms with Crippen molar-refractivity contribution in [2.75, 3.05) is 6.61 Å². The van der Waals surface area contributed by atoms with E-state index in [2.05, 4.69) is 0 Å². The summed E-state index contributed by atoms with van der Waals surface area (Å²) in [5, 5.41) is 0. The number of carbonyl (C=O) groups is 3. The van der Waals surface area contributed by atoms with Crippen LogP contribution in [0.15, 0.2) is 72.8 Å². The van der Waals surface area contributed by atoms with Crippen LogP contribution in [0.4, 0.5) is 0 Å². The van der Waals surface area contributed by atoms with Gasteiger partial charge in [0.25, 0.3) is 0 Å². The third kappa shape index (κ3) is 5.17. The molecule has 0 atom stereocenters. The summed E-state index contributed by atoms with van der Waals surface area (Å²) in [5.74, 6) is -1.04. The van der Waals surface area contributed by atoms with Crippen molar-refractivity contribution in [1.29, 1.82) is 0 Å². The molecule has 0 aliphatic heterocycles. The quantitative estimate of drug-likeness (QED) is 0.352. The van der Waals surface area contributed by atoms with Crippen LogP contribution in [0.25, 0.3) is 0 Å². The van der Waals surface area contributed by atoms with Crippen LogP contribution < -0.4 is 4.74 Å². The summed E-state index contributed by atoms with van der Waals surface area (Å²) in [6.45, 7) is 3.37. The fourth-order valence-electron chi connectivity index (χ4n) is 2.66. The lowest BCUT2D eigenvalue weighted by atomic mass is 10.1. The number of aryl methyl sites for hydroxylation is 2. The Bertz CT molecular complexity index is 1030. The lowest BCUT2D eigenvalue weighted by Gasteiger charge is -2.08. The second kappa shape index (κ2) is 8.97. The van der Waals surface area contributed by atoms with E-state index in [0.717, 1.165) is 11.1 Å². The molecular weight excluding hydrogens is 368 g/mol. The van der Waals surface area contributed by atoms with Crippen molar-refractivity contribution in [1.82, 2.24) is 0 Å². The molecule has 5 nitrogen and oxygen atoms in total. The van der Waals surface area contributed by atoms with Crippen LogP contribution in [0.5, 0.6) is 5.75 Å². The largest absolute Gasteiger partial charge is 0.454 e. The van der Waals surface area contributed by atoms with Crippen molar-refractivity contribution in [3.05, 3.63) is 101 Å². The van der Waals surface area contributed by atoms with Gasteiger partial charge in [0.05, 0.1) is 11.1 Å². The Kier molecular flexibility index (Phi) is 6.19. The molecule has 3 aromatic rings. The Morgan fingerprint density at radius 2 is 1.34 bits per heavy atom. The van der Waals surface area contributed by atoms with Crippen molar-refractivity contribution in [3.8, 4) is 5.75 Å². The van der Waals surface area contributed by atoms with Crippen LogP contribution in [-0.4, -0.2) is 24.3 Å². The van der Waals surface area contributed by atoms with Gasteiger partial charge in [0, 0.05) is 5.56 Å². The molecule has 0 bridgehead atoms. The van der Waals surface area contributed by atoms with Gasteiger partial charge in [-0.05, 0) is 61.9 Å². The van der Waals surface area contributed by atoms with Gasteiger partial charge in [-0.25, -0.2) is 9.59 Å². The monoisotopic (exact) mass is 388 g/mol. The van der Waals surface area contributed by atoms with Crippen LogP contribution >= 0.6 is 0 Å². The Hall–Kier alpha value is -3.73. The second-order valence-electron chi connectivity index (χ2n) is 6.59. The zero-order valence-electron chi connectivity index (χ0n) is 16.2. The van der Waals surface area contributed by atoms with Crippen LogP contribution in [0.1, 0.15) is 42.2 Å². The second-order valence-corrected chi connectivity index (χ2v) is 6.59. The minimum absolute atomic E-state index is 0.323. The Morgan fingerprint density at radius 1 is 0.724 bits per heavy atom. The van der Waals surface area contributed by atoms with Crippen LogP contribution in [-0.2, 0) is 4.74 Å². The standard InChI is InChI=1S/C24H20O5/c1-16-7-9-19(10-8-16)23(26)29-20-13-11-18(12-14-20)22(25)15-28-24(27)21-6-4-3-5-17(21)2/h3-14H,15H2,1-2H3. The lowest BCUT2D eigenvalue weighted by molar-refractivity contribution is 0.0474. The summed E-state index contributed by atoms with van der Waals surface area (Å²) in [7, 11) is 0. The number of ketones is 1. The highest BCUT2D eigenvalue weighted by Crippen LogP contribution is 2.16. The van der Waals surface area contributed by atoms with E-state index in [1.807, 2.05) is 25.1 Å². The van der Waals surface area contributed by atoms with Crippen molar-refractivity contribution in [2.45, 2.75) is 13.8 Å². The summed E-state index contributed by atoms with van der Waals surface area (Å²) < 4.78 is 10.4. The minimum atomic E-state index is -0.542. The van der Waals surface area contributed by atoms with Gasteiger partial charge < -0.3 is 9.47 Å². The number of esters is 2. The molecule has 3 aromatic carbocycles. The van der Waals surface area contributed by atoms with Crippen molar-refractivity contribution in [3.63, 3.8) is 0 Å². The average molecular weight is 388 g/mol. The molecule has 29 heavy (non-hydrogen) atoms. The third-order valence-corrected chi connectivity index (χ3v) is 4.37. The molecule has 3 rings (SSSR count). The van der Waals surface area contributed by atoms with E-state index in [0.29, 0.717) is 22.4 Å². The number of carbonyl (C=O) groups excluding carboxylic acids is 3. The average Bonchev–Trinajstić information content (AvgIpc) is 2.73. The molecule has 0 heterocycles. The van der Waals surface area contributed by atoms with E-state index in [1.165, 1.54) is 24.3 Å². The van der Waals surface area contributed by atoms with Crippen LogP contribution in [0, 0.1) is 13.8 Å². The maximum Gasteiger partial charge on any atom is 0.343 e. The van der Waals surface area contributed by atoms with Gasteiger partial charge in [-0.1, -0.05) is 35.9 Å². The summed E-state index contributed by atoms with van der Waals surface area (Å²) in [4.78, 5) is 36.5. The molecule has 0 N–H and O–H groups in total. The molecular formula is C24H20O5. The zero-order chi connectivity index (χ0) is 20.8. The number of hydrogen-bond donors (Lipinski definition) is 0. The van der Waals surface area contributed by atoms with Crippen molar-refractivity contribution < 1.29 is 23.9 Å². The van der Waals surface area contributed by atoms with Gasteiger partial charge in [0.1, 0.15) is 5.75 Å². The highest BCUT2D eigenvalue weighted by molar-refractivity contribution is 5.99. The van der Waals surface area contributed by atoms with Gasteiger partial charge >= 0.3 is 11.9 Å². The maximum absolute atomic E-state index is 12.3. The number of rotatable bonds is 6. The molecule has 146 valence electrons. The maximum atomic E-state index is 12.3. The Balaban J connectivity index is 1.57. The molecule has 0 saturated heterocycles. The minimum Gasteiger partial charge on any atom is -0.454 e. The molecule has 0 aliphatic carbocycles. The first-order valence-electron chi connectivity index (χ1n) is 9.09.